The molecule has 0 saturated heterocycles. The monoisotopic (exact) mass is 308 g/mol. The maximum absolute atomic E-state index is 12.5. The van der Waals surface area contributed by atoms with Gasteiger partial charge >= 0.3 is 0 Å². The van der Waals surface area contributed by atoms with Crippen LogP contribution in [0.15, 0.2) is 48.5 Å². The molecule has 1 aliphatic heterocycles. The van der Waals surface area contributed by atoms with Gasteiger partial charge in [0.2, 0.25) is 5.91 Å². The molecule has 2 aromatic carbocycles. The summed E-state index contributed by atoms with van der Waals surface area (Å²) in [6.07, 6.45) is 0.915. The second-order valence-electron chi connectivity index (χ2n) is 5.33. The molecule has 1 heterocycles. The van der Waals surface area contributed by atoms with Gasteiger partial charge in [0.25, 0.3) is 11.8 Å². The summed E-state index contributed by atoms with van der Waals surface area (Å²) in [5.41, 5.74) is 2.29. The van der Waals surface area contributed by atoms with Gasteiger partial charge in [0, 0.05) is 13.5 Å². The average molecular weight is 308 g/mol. The van der Waals surface area contributed by atoms with Gasteiger partial charge in [-0.15, -0.1) is 0 Å². The number of amides is 3. The molecule has 0 saturated carbocycles. The van der Waals surface area contributed by atoms with E-state index in [1.165, 1.54) is 4.90 Å². The van der Waals surface area contributed by atoms with Crippen molar-refractivity contribution >= 4 is 23.4 Å². The van der Waals surface area contributed by atoms with Crippen molar-refractivity contribution in [3.05, 3.63) is 65.2 Å². The third-order valence-corrected chi connectivity index (χ3v) is 3.88. The first-order chi connectivity index (χ1) is 11.1. The van der Waals surface area contributed by atoms with E-state index < -0.39 is 0 Å². The molecule has 3 rings (SSSR count). The van der Waals surface area contributed by atoms with E-state index in [9.17, 15) is 14.4 Å². The lowest BCUT2D eigenvalue weighted by Gasteiger charge is -2.15. The van der Waals surface area contributed by atoms with Gasteiger partial charge in [-0.1, -0.05) is 24.3 Å². The summed E-state index contributed by atoms with van der Waals surface area (Å²) in [5, 5.41) is 2.57. The van der Waals surface area contributed by atoms with Gasteiger partial charge < -0.3 is 5.32 Å². The first-order valence-corrected chi connectivity index (χ1v) is 7.39. The molecule has 0 spiro atoms. The van der Waals surface area contributed by atoms with E-state index in [1.807, 2.05) is 6.07 Å². The van der Waals surface area contributed by atoms with Gasteiger partial charge in [-0.05, 0) is 36.2 Å². The van der Waals surface area contributed by atoms with Crippen LogP contribution >= 0.6 is 0 Å². The molecule has 0 aromatic heterocycles. The summed E-state index contributed by atoms with van der Waals surface area (Å²) in [5.74, 6) is -0.667. The van der Waals surface area contributed by atoms with Crippen LogP contribution in [0, 0.1) is 0 Å². The van der Waals surface area contributed by atoms with Crippen LogP contribution in [0.4, 0.5) is 5.69 Å². The van der Waals surface area contributed by atoms with Crippen molar-refractivity contribution in [2.45, 2.75) is 12.8 Å². The van der Waals surface area contributed by atoms with E-state index in [0.29, 0.717) is 29.7 Å². The number of aryl methyl sites for hydroxylation is 1. The average Bonchev–Trinajstić information content (AvgIpc) is 2.84. The fraction of sp³-hybridized carbons (Fsp3) is 0.167. The number of fused-ring (bicyclic) bond motifs is 1. The zero-order chi connectivity index (χ0) is 16.4. The third kappa shape index (κ3) is 2.73. The van der Waals surface area contributed by atoms with Crippen LogP contribution in [0.25, 0.3) is 0 Å². The van der Waals surface area contributed by atoms with Crippen LogP contribution in [0.1, 0.15) is 32.7 Å². The number of imide groups is 1. The third-order valence-electron chi connectivity index (χ3n) is 3.88. The van der Waals surface area contributed by atoms with Crippen molar-refractivity contribution in [2.75, 3.05) is 11.9 Å². The van der Waals surface area contributed by atoms with Crippen LogP contribution in [-0.2, 0) is 11.2 Å². The first-order valence-electron chi connectivity index (χ1n) is 7.39. The molecule has 0 unspecified atom stereocenters. The molecule has 2 aromatic rings. The Morgan fingerprint density at radius 1 is 1.00 bits per heavy atom. The van der Waals surface area contributed by atoms with E-state index in [0.717, 1.165) is 5.56 Å². The number of benzene rings is 2. The predicted molar refractivity (Wildman–Crippen MR) is 86.4 cm³/mol. The number of hydrogen-bond donors (Lipinski definition) is 1. The Balaban J connectivity index is 1.87. The van der Waals surface area contributed by atoms with Crippen molar-refractivity contribution in [1.82, 2.24) is 5.32 Å². The van der Waals surface area contributed by atoms with Gasteiger partial charge in [-0.25, -0.2) is 4.90 Å². The van der Waals surface area contributed by atoms with E-state index in [1.54, 1.807) is 49.5 Å². The van der Waals surface area contributed by atoms with Crippen molar-refractivity contribution in [2.24, 2.45) is 0 Å². The minimum Gasteiger partial charge on any atom is -0.359 e. The van der Waals surface area contributed by atoms with E-state index in [4.69, 9.17) is 0 Å². The number of rotatable bonds is 4. The summed E-state index contributed by atoms with van der Waals surface area (Å²) in [4.78, 5) is 37.5. The summed E-state index contributed by atoms with van der Waals surface area (Å²) in [6, 6.07) is 14.0. The zero-order valence-corrected chi connectivity index (χ0v) is 12.7. The lowest BCUT2D eigenvalue weighted by Crippen LogP contribution is -2.29. The molecule has 1 N–H and O–H groups in total. The molecule has 0 radical (unpaired) electrons. The van der Waals surface area contributed by atoms with Crippen molar-refractivity contribution < 1.29 is 14.4 Å². The normalized spacial score (nSPS) is 13.2. The smallest absolute Gasteiger partial charge is 0.266 e. The van der Waals surface area contributed by atoms with Gasteiger partial charge in [0.05, 0.1) is 16.8 Å². The zero-order valence-electron chi connectivity index (χ0n) is 12.7. The summed E-state index contributed by atoms with van der Waals surface area (Å²) in [7, 11) is 1.59. The molecule has 5 heteroatoms. The minimum absolute atomic E-state index is 0.0452. The summed E-state index contributed by atoms with van der Waals surface area (Å²) < 4.78 is 0. The number of anilines is 1. The second kappa shape index (κ2) is 6.04. The molecule has 23 heavy (non-hydrogen) atoms. The highest BCUT2D eigenvalue weighted by molar-refractivity contribution is 6.34. The van der Waals surface area contributed by atoms with Crippen LogP contribution < -0.4 is 10.2 Å². The number of carbonyl (C=O) groups excluding carboxylic acids is 3. The summed E-state index contributed by atoms with van der Waals surface area (Å²) in [6.45, 7) is 0. The van der Waals surface area contributed by atoms with Gasteiger partial charge in [0.1, 0.15) is 0 Å². The standard InChI is InChI=1S/C18H16N2O3/c1-19-16(21)10-9-12-5-4-6-13(11-12)20-17(22)14-7-2-3-8-15(14)18(20)23/h2-8,11H,9-10H2,1H3,(H,19,21). The molecule has 116 valence electrons. The maximum Gasteiger partial charge on any atom is 0.266 e. The van der Waals surface area contributed by atoms with E-state index in [-0.39, 0.29) is 17.7 Å². The number of hydrogen-bond acceptors (Lipinski definition) is 3. The molecule has 0 fully saturated rings. The Hall–Kier alpha value is -2.95. The Morgan fingerprint density at radius 2 is 1.65 bits per heavy atom. The van der Waals surface area contributed by atoms with Crippen LogP contribution in [-0.4, -0.2) is 24.8 Å². The van der Waals surface area contributed by atoms with Crippen molar-refractivity contribution in [3.8, 4) is 0 Å². The Labute approximate surface area is 133 Å². The van der Waals surface area contributed by atoms with Crippen molar-refractivity contribution in [1.29, 1.82) is 0 Å². The summed E-state index contributed by atoms with van der Waals surface area (Å²) >= 11 is 0. The molecular weight excluding hydrogens is 292 g/mol. The Bertz CT molecular complexity index is 763. The molecule has 1 aliphatic rings. The molecule has 0 aliphatic carbocycles. The molecule has 0 bridgehead atoms. The van der Waals surface area contributed by atoms with Gasteiger partial charge in [-0.3, -0.25) is 14.4 Å². The maximum atomic E-state index is 12.5. The van der Waals surface area contributed by atoms with Gasteiger partial charge in [0.15, 0.2) is 0 Å². The van der Waals surface area contributed by atoms with Crippen LogP contribution in [0.3, 0.4) is 0 Å². The SMILES string of the molecule is CNC(=O)CCc1cccc(N2C(=O)c3ccccc3C2=O)c1. The quantitative estimate of drug-likeness (QED) is 0.880. The van der Waals surface area contributed by atoms with Crippen molar-refractivity contribution in [3.63, 3.8) is 0 Å². The van der Waals surface area contributed by atoms with E-state index >= 15 is 0 Å². The Kier molecular flexibility index (Phi) is 3.93. The molecular formula is C18H16N2O3. The topological polar surface area (TPSA) is 66.5 Å². The molecule has 0 atom stereocenters. The fourth-order valence-electron chi connectivity index (χ4n) is 2.66. The first kappa shape index (κ1) is 15.0. The second-order valence-corrected chi connectivity index (χ2v) is 5.33. The lowest BCUT2D eigenvalue weighted by atomic mass is 10.1. The fourth-order valence-corrected chi connectivity index (χ4v) is 2.66. The molecule has 3 amide bonds. The molecule has 5 nitrogen and oxygen atoms in total. The number of carbonyl (C=O) groups is 3. The predicted octanol–water partition coefficient (Wildman–Crippen LogP) is 2.17. The van der Waals surface area contributed by atoms with Crippen LogP contribution in [0.2, 0.25) is 0 Å². The highest BCUT2D eigenvalue weighted by atomic mass is 16.2. The highest BCUT2D eigenvalue weighted by Crippen LogP contribution is 2.28. The largest absolute Gasteiger partial charge is 0.359 e. The minimum atomic E-state index is -0.311. The Morgan fingerprint density at radius 3 is 2.26 bits per heavy atom. The highest BCUT2D eigenvalue weighted by Gasteiger charge is 2.36. The lowest BCUT2D eigenvalue weighted by molar-refractivity contribution is -0.120. The van der Waals surface area contributed by atoms with Gasteiger partial charge in [-0.2, -0.15) is 0 Å². The number of nitrogens with one attached hydrogen (secondary N) is 1. The van der Waals surface area contributed by atoms with Crippen LogP contribution in [0.5, 0.6) is 0 Å². The number of nitrogens with zero attached hydrogens (tertiary/aromatic N) is 1. The van der Waals surface area contributed by atoms with E-state index in [2.05, 4.69) is 5.32 Å².